The fourth-order valence-corrected chi connectivity index (χ4v) is 5.05. The molecule has 1 aromatic carbocycles. The number of hydrogen-bond donors (Lipinski definition) is 0. The van der Waals surface area contributed by atoms with Crippen LogP contribution in [0.4, 0.5) is 0 Å². The summed E-state index contributed by atoms with van der Waals surface area (Å²) in [5.41, 5.74) is -0.987. The van der Waals surface area contributed by atoms with Crippen LogP contribution in [0.15, 0.2) is 35.2 Å². The molecule has 1 heterocycles. The zero-order chi connectivity index (χ0) is 19.9. The molecule has 0 bridgehead atoms. The fraction of sp³-hybridized carbons (Fsp3) is 0.529. The lowest BCUT2D eigenvalue weighted by Gasteiger charge is -2.34. The number of carbonyl (C=O) groups is 2. The van der Waals surface area contributed by atoms with Crippen molar-refractivity contribution in [3.05, 3.63) is 30.3 Å². The normalized spacial score (nSPS) is 25.1. The van der Waals surface area contributed by atoms with Crippen molar-refractivity contribution in [1.29, 1.82) is 0 Å². The SMILES string of the molecule is C[C@]1(C(=O)OCC(=O)N2CCN(S(=O)(=O)c3ccccc3)CC2)CC1(Cl)Cl. The van der Waals surface area contributed by atoms with Crippen molar-refractivity contribution in [3.8, 4) is 0 Å². The van der Waals surface area contributed by atoms with Crippen LogP contribution >= 0.6 is 23.2 Å². The summed E-state index contributed by atoms with van der Waals surface area (Å²) < 4.78 is 30.4. The highest BCUT2D eigenvalue weighted by atomic mass is 35.5. The van der Waals surface area contributed by atoms with Gasteiger partial charge in [-0.05, 0) is 19.1 Å². The van der Waals surface area contributed by atoms with Crippen LogP contribution in [0.5, 0.6) is 0 Å². The Balaban J connectivity index is 1.51. The first-order chi connectivity index (χ1) is 12.6. The highest BCUT2D eigenvalue weighted by molar-refractivity contribution is 7.89. The minimum atomic E-state index is -3.58. The third-order valence-electron chi connectivity index (χ3n) is 5.01. The van der Waals surface area contributed by atoms with Gasteiger partial charge in [0, 0.05) is 32.6 Å². The average molecular weight is 435 g/mol. The topological polar surface area (TPSA) is 84.0 Å². The Labute approximate surface area is 168 Å². The summed E-state index contributed by atoms with van der Waals surface area (Å²) >= 11 is 11.8. The predicted molar refractivity (Wildman–Crippen MR) is 99.9 cm³/mol. The van der Waals surface area contributed by atoms with Gasteiger partial charge in [-0.3, -0.25) is 9.59 Å². The second kappa shape index (κ2) is 7.24. The second-order valence-electron chi connectivity index (χ2n) is 6.89. The highest BCUT2D eigenvalue weighted by Gasteiger charge is 2.69. The number of alkyl halides is 2. The number of piperazine rings is 1. The van der Waals surface area contributed by atoms with Crippen LogP contribution in [0.2, 0.25) is 0 Å². The van der Waals surface area contributed by atoms with Gasteiger partial charge in [-0.15, -0.1) is 23.2 Å². The van der Waals surface area contributed by atoms with Crippen LogP contribution in [0, 0.1) is 5.41 Å². The van der Waals surface area contributed by atoms with Gasteiger partial charge < -0.3 is 9.64 Å². The molecule has 1 saturated heterocycles. The number of rotatable bonds is 5. The number of nitrogens with zero attached hydrogens (tertiary/aromatic N) is 2. The van der Waals surface area contributed by atoms with E-state index in [0.717, 1.165) is 0 Å². The zero-order valence-electron chi connectivity index (χ0n) is 14.7. The molecule has 10 heteroatoms. The van der Waals surface area contributed by atoms with E-state index >= 15 is 0 Å². The number of carbonyl (C=O) groups excluding carboxylic acids is 2. The lowest BCUT2D eigenvalue weighted by atomic mass is 10.1. The lowest BCUT2D eigenvalue weighted by molar-refractivity contribution is -0.156. The van der Waals surface area contributed by atoms with E-state index in [1.165, 1.54) is 9.21 Å². The van der Waals surface area contributed by atoms with Gasteiger partial charge >= 0.3 is 5.97 Å². The number of benzene rings is 1. The molecule has 0 N–H and O–H groups in total. The third kappa shape index (κ3) is 3.94. The van der Waals surface area contributed by atoms with E-state index in [-0.39, 0.29) is 43.4 Å². The van der Waals surface area contributed by atoms with E-state index in [4.69, 9.17) is 27.9 Å². The number of esters is 1. The van der Waals surface area contributed by atoms with Gasteiger partial charge in [-0.2, -0.15) is 4.31 Å². The average Bonchev–Trinajstić information content (AvgIpc) is 3.19. The van der Waals surface area contributed by atoms with E-state index < -0.39 is 32.3 Å². The standard InChI is InChI=1S/C17H20Cl2N2O5S/c1-16(12-17(16,18)19)15(23)26-11-14(22)20-7-9-21(10-8-20)27(24,25)13-5-3-2-4-6-13/h2-6H,7-12H2,1H3/t16-/m1/s1. The molecule has 1 atom stereocenters. The van der Waals surface area contributed by atoms with Crippen molar-refractivity contribution in [2.24, 2.45) is 5.41 Å². The van der Waals surface area contributed by atoms with E-state index in [2.05, 4.69) is 0 Å². The Hall–Kier alpha value is -1.35. The molecule has 1 aromatic rings. The Kier molecular flexibility index (Phi) is 5.46. The van der Waals surface area contributed by atoms with Crippen molar-refractivity contribution < 1.29 is 22.7 Å². The maximum atomic E-state index is 12.6. The van der Waals surface area contributed by atoms with Gasteiger partial charge in [-0.25, -0.2) is 8.42 Å². The molecule has 7 nitrogen and oxygen atoms in total. The third-order valence-corrected chi connectivity index (χ3v) is 8.02. The van der Waals surface area contributed by atoms with Crippen LogP contribution in [-0.4, -0.2) is 66.6 Å². The molecule has 1 aliphatic heterocycles. The summed E-state index contributed by atoms with van der Waals surface area (Å²) in [6, 6.07) is 8.16. The van der Waals surface area contributed by atoms with Crippen molar-refractivity contribution in [2.75, 3.05) is 32.8 Å². The molecule has 0 aromatic heterocycles. The molecule has 27 heavy (non-hydrogen) atoms. The quantitative estimate of drug-likeness (QED) is 0.519. The molecular formula is C17H20Cl2N2O5S. The Morgan fingerprint density at radius 1 is 1.11 bits per heavy atom. The van der Waals surface area contributed by atoms with Crippen molar-refractivity contribution in [1.82, 2.24) is 9.21 Å². The van der Waals surface area contributed by atoms with Crippen molar-refractivity contribution >= 4 is 45.1 Å². The van der Waals surface area contributed by atoms with E-state index in [1.54, 1.807) is 37.3 Å². The fourth-order valence-electron chi connectivity index (χ4n) is 2.92. The summed E-state index contributed by atoms with van der Waals surface area (Å²) in [6.07, 6.45) is 0.284. The maximum Gasteiger partial charge on any atom is 0.315 e. The number of amides is 1. The molecule has 1 saturated carbocycles. The van der Waals surface area contributed by atoms with Crippen LogP contribution in [0.3, 0.4) is 0 Å². The molecule has 1 amide bonds. The summed E-state index contributed by atoms with van der Waals surface area (Å²) in [4.78, 5) is 26.0. The Morgan fingerprint density at radius 3 is 2.19 bits per heavy atom. The molecule has 3 rings (SSSR count). The van der Waals surface area contributed by atoms with Gasteiger partial charge in [0.2, 0.25) is 10.0 Å². The van der Waals surface area contributed by atoms with Crippen LogP contribution in [0.25, 0.3) is 0 Å². The summed E-state index contributed by atoms with van der Waals surface area (Å²) in [5.74, 6) is -0.981. The van der Waals surface area contributed by atoms with E-state index in [1.807, 2.05) is 0 Å². The molecule has 148 valence electrons. The highest BCUT2D eigenvalue weighted by Crippen LogP contribution is 2.64. The first-order valence-corrected chi connectivity index (χ1v) is 10.7. The second-order valence-corrected chi connectivity index (χ2v) is 10.3. The number of ether oxygens (including phenoxy) is 1. The molecule has 0 spiro atoms. The first kappa shape index (κ1) is 20.4. The molecule has 2 aliphatic rings. The first-order valence-electron chi connectivity index (χ1n) is 8.46. The maximum absolute atomic E-state index is 12.6. The smallest absolute Gasteiger partial charge is 0.315 e. The lowest BCUT2D eigenvalue weighted by Crippen LogP contribution is -2.51. The van der Waals surface area contributed by atoms with Gasteiger partial charge in [0.05, 0.1) is 4.90 Å². The van der Waals surface area contributed by atoms with Crippen LogP contribution in [-0.2, 0) is 24.3 Å². The Morgan fingerprint density at radius 2 is 1.67 bits per heavy atom. The van der Waals surface area contributed by atoms with Gasteiger partial charge in [0.15, 0.2) is 6.61 Å². The van der Waals surface area contributed by atoms with Crippen molar-refractivity contribution in [2.45, 2.75) is 22.6 Å². The largest absolute Gasteiger partial charge is 0.455 e. The number of sulfonamides is 1. The summed E-state index contributed by atoms with van der Waals surface area (Å²) in [7, 11) is -3.58. The van der Waals surface area contributed by atoms with E-state index in [0.29, 0.717) is 0 Å². The van der Waals surface area contributed by atoms with Crippen LogP contribution < -0.4 is 0 Å². The van der Waals surface area contributed by atoms with Gasteiger partial charge in [-0.1, -0.05) is 18.2 Å². The minimum absolute atomic E-state index is 0.182. The molecule has 0 radical (unpaired) electrons. The molecule has 1 aliphatic carbocycles. The molecule has 2 fully saturated rings. The van der Waals surface area contributed by atoms with Crippen molar-refractivity contribution in [3.63, 3.8) is 0 Å². The number of halogens is 2. The summed E-state index contributed by atoms with van der Waals surface area (Å²) in [6.45, 7) is 2.00. The monoisotopic (exact) mass is 434 g/mol. The summed E-state index contributed by atoms with van der Waals surface area (Å²) in [5, 5.41) is 0. The van der Waals surface area contributed by atoms with Gasteiger partial charge in [0.25, 0.3) is 5.91 Å². The molecular weight excluding hydrogens is 415 g/mol. The molecule has 0 unspecified atom stereocenters. The number of hydrogen-bond acceptors (Lipinski definition) is 5. The van der Waals surface area contributed by atoms with Gasteiger partial charge in [0.1, 0.15) is 9.75 Å². The van der Waals surface area contributed by atoms with Crippen LogP contribution in [0.1, 0.15) is 13.3 Å². The Bertz CT molecular complexity index is 838. The predicted octanol–water partition coefficient (Wildman–Crippen LogP) is 1.65. The minimum Gasteiger partial charge on any atom is -0.455 e. The zero-order valence-corrected chi connectivity index (χ0v) is 17.1. The van der Waals surface area contributed by atoms with E-state index in [9.17, 15) is 18.0 Å².